The molecule has 0 radical (unpaired) electrons. The average molecular weight is 276 g/mol. The van der Waals surface area contributed by atoms with Crippen LogP contribution in [0.5, 0.6) is 0 Å². The molecule has 0 aromatic heterocycles. The van der Waals surface area contributed by atoms with E-state index in [0.717, 1.165) is 0 Å². The smallest absolute Gasteiger partial charge is 0.174 e. The van der Waals surface area contributed by atoms with Crippen LogP contribution in [0, 0.1) is 29.1 Å². The molecule has 2 saturated carbocycles. The predicted molar refractivity (Wildman–Crippen MR) is 71.8 cm³/mol. The number of hydrogen-bond donors (Lipinski definition) is 1. The van der Waals surface area contributed by atoms with Gasteiger partial charge in [-0.2, -0.15) is 0 Å². The lowest BCUT2D eigenvalue weighted by molar-refractivity contribution is -0.169. The molecule has 4 rings (SSSR count). The highest BCUT2D eigenvalue weighted by Gasteiger charge is 2.68. The zero-order chi connectivity index (χ0) is 15.0. The van der Waals surface area contributed by atoms with Gasteiger partial charge in [-0.1, -0.05) is 13.0 Å². The van der Waals surface area contributed by atoms with E-state index in [2.05, 4.69) is 0 Å². The van der Waals surface area contributed by atoms with Crippen molar-refractivity contribution in [2.24, 2.45) is 29.1 Å². The summed E-state index contributed by atoms with van der Waals surface area (Å²) in [5.41, 5.74) is -1.92. The first kappa shape index (κ1) is 13.7. The monoisotopic (exact) mass is 276 g/mol. The van der Waals surface area contributed by atoms with Crippen molar-refractivity contribution in [3.63, 3.8) is 0 Å². The summed E-state index contributed by atoms with van der Waals surface area (Å²) >= 11 is 0. The molecule has 6 atom stereocenters. The molecule has 2 bridgehead atoms. The van der Waals surface area contributed by atoms with Gasteiger partial charge < -0.3 is 5.11 Å². The third kappa shape index (κ3) is 1.33. The van der Waals surface area contributed by atoms with E-state index in [1.54, 1.807) is 13.0 Å². The van der Waals surface area contributed by atoms with Crippen LogP contribution in [0.2, 0.25) is 0 Å². The van der Waals surface area contributed by atoms with E-state index in [0.29, 0.717) is 12.0 Å². The maximum absolute atomic E-state index is 12.6. The van der Waals surface area contributed by atoms with Crippen LogP contribution in [-0.4, -0.2) is 28.1 Å². The van der Waals surface area contributed by atoms with E-state index in [9.17, 15) is 19.5 Å². The number of rotatable bonds is 1. The molecule has 0 amide bonds. The van der Waals surface area contributed by atoms with Crippen molar-refractivity contribution >= 4 is 17.3 Å². The minimum absolute atomic E-state index is 0.0779. The largest absolute Gasteiger partial charge is 0.382 e. The van der Waals surface area contributed by atoms with Gasteiger partial charge >= 0.3 is 0 Å². The summed E-state index contributed by atoms with van der Waals surface area (Å²) in [7, 11) is 0. The molecule has 1 N–H and O–H groups in total. The fourth-order valence-electron chi connectivity index (χ4n) is 4.88. The summed E-state index contributed by atoms with van der Waals surface area (Å²) < 4.78 is 0. The molecule has 0 saturated heterocycles. The van der Waals surface area contributed by atoms with Crippen molar-refractivity contribution in [1.29, 1.82) is 0 Å². The second-order valence-electron chi connectivity index (χ2n) is 7.04. The van der Waals surface area contributed by atoms with Gasteiger partial charge in [-0.3, -0.25) is 14.4 Å². The minimum atomic E-state index is -1.55. The number of carbonyl (C=O) groups excluding carboxylic acids is 3. The third-order valence-electron chi connectivity index (χ3n) is 5.88. The van der Waals surface area contributed by atoms with Crippen molar-refractivity contribution < 1.29 is 19.5 Å². The molecule has 108 valence electrons. The molecule has 2 fully saturated rings. The Morgan fingerprint density at radius 2 is 1.95 bits per heavy atom. The van der Waals surface area contributed by atoms with Gasteiger partial charge in [0.15, 0.2) is 11.6 Å². The van der Waals surface area contributed by atoms with Gasteiger partial charge in [-0.25, -0.2) is 0 Å². The van der Waals surface area contributed by atoms with E-state index < -0.39 is 16.9 Å². The van der Waals surface area contributed by atoms with Crippen LogP contribution in [0.3, 0.4) is 0 Å². The van der Waals surface area contributed by atoms with Crippen LogP contribution in [0.25, 0.3) is 0 Å². The standard InChI is InChI=1S/C16H20O4/c1-7-11(18)5-10-12(7)13-9(8(2)17)6-15(10,3)14(19)16(13,4)20/h6-7,10,12-13,20H,5H2,1-4H3. The number of hydrogen-bond acceptors (Lipinski definition) is 4. The van der Waals surface area contributed by atoms with Gasteiger partial charge in [-0.05, 0) is 38.2 Å². The van der Waals surface area contributed by atoms with Gasteiger partial charge in [0.2, 0.25) is 0 Å². The maximum atomic E-state index is 12.6. The Hall–Kier alpha value is -1.29. The fraction of sp³-hybridized carbons (Fsp3) is 0.688. The summed E-state index contributed by atoms with van der Waals surface area (Å²) in [5, 5.41) is 10.7. The second-order valence-corrected chi connectivity index (χ2v) is 7.04. The number of carbonyl (C=O) groups is 3. The SMILES string of the molecule is CC(=O)C1=CC2(C)C(=O)C(C)(O)C1C1C(C)C(=O)CC12. The number of allylic oxidation sites excluding steroid dienone is 1. The Kier molecular flexibility index (Phi) is 2.51. The third-order valence-corrected chi connectivity index (χ3v) is 5.88. The number of aliphatic hydroxyl groups is 1. The Bertz CT molecular complexity index is 571. The van der Waals surface area contributed by atoms with E-state index in [1.165, 1.54) is 13.8 Å². The van der Waals surface area contributed by atoms with Crippen molar-refractivity contribution in [2.45, 2.75) is 39.7 Å². The van der Waals surface area contributed by atoms with E-state index in [1.807, 2.05) is 6.92 Å². The van der Waals surface area contributed by atoms with Crippen LogP contribution >= 0.6 is 0 Å². The predicted octanol–water partition coefficient (Wildman–Crippen LogP) is 1.31. The molecule has 6 unspecified atom stereocenters. The molecule has 0 aromatic rings. The van der Waals surface area contributed by atoms with E-state index in [4.69, 9.17) is 0 Å². The van der Waals surface area contributed by atoms with Crippen LogP contribution in [0.4, 0.5) is 0 Å². The van der Waals surface area contributed by atoms with E-state index in [-0.39, 0.29) is 35.1 Å². The lowest BCUT2D eigenvalue weighted by Gasteiger charge is -2.56. The molecule has 4 nitrogen and oxygen atoms in total. The Labute approximate surface area is 118 Å². The molecule has 0 aliphatic heterocycles. The Balaban J connectivity index is 2.26. The zero-order valence-electron chi connectivity index (χ0n) is 12.3. The molecule has 4 heteroatoms. The van der Waals surface area contributed by atoms with Gasteiger partial charge in [0.25, 0.3) is 0 Å². The average Bonchev–Trinajstić information content (AvgIpc) is 2.64. The topological polar surface area (TPSA) is 71.4 Å². The van der Waals surface area contributed by atoms with Gasteiger partial charge in [0, 0.05) is 18.3 Å². The van der Waals surface area contributed by atoms with Crippen molar-refractivity contribution in [1.82, 2.24) is 0 Å². The molecule has 20 heavy (non-hydrogen) atoms. The van der Waals surface area contributed by atoms with Crippen LogP contribution < -0.4 is 0 Å². The van der Waals surface area contributed by atoms with Gasteiger partial charge in [0.1, 0.15) is 11.4 Å². The van der Waals surface area contributed by atoms with Gasteiger partial charge in [-0.15, -0.1) is 0 Å². The lowest BCUT2D eigenvalue weighted by atomic mass is 9.46. The summed E-state index contributed by atoms with van der Waals surface area (Å²) in [6.07, 6.45) is 2.11. The van der Waals surface area contributed by atoms with Crippen LogP contribution in [0.15, 0.2) is 11.6 Å². The highest BCUT2D eigenvalue weighted by Crippen LogP contribution is 2.62. The number of ketones is 3. The molecule has 4 aliphatic rings. The highest BCUT2D eigenvalue weighted by atomic mass is 16.3. The quantitative estimate of drug-likeness (QED) is 0.784. The van der Waals surface area contributed by atoms with Crippen LogP contribution in [-0.2, 0) is 14.4 Å². The van der Waals surface area contributed by atoms with E-state index >= 15 is 0 Å². The summed E-state index contributed by atoms with van der Waals surface area (Å²) in [6.45, 7) is 6.59. The first-order valence-corrected chi connectivity index (χ1v) is 7.16. The summed E-state index contributed by atoms with van der Waals surface area (Å²) in [4.78, 5) is 36.7. The van der Waals surface area contributed by atoms with Crippen LogP contribution in [0.1, 0.15) is 34.1 Å². The van der Waals surface area contributed by atoms with Gasteiger partial charge in [0.05, 0.1) is 5.41 Å². The summed E-state index contributed by atoms with van der Waals surface area (Å²) in [6, 6.07) is 0. The molecular weight excluding hydrogens is 256 g/mol. The Morgan fingerprint density at radius 1 is 1.35 bits per heavy atom. The molecule has 4 aliphatic carbocycles. The highest BCUT2D eigenvalue weighted by molar-refractivity contribution is 6.05. The fourth-order valence-corrected chi connectivity index (χ4v) is 4.88. The molecule has 0 heterocycles. The number of fused-ring (bicyclic) bond motifs is 1. The first-order chi connectivity index (χ1) is 9.12. The molecule has 0 aromatic carbocycles. The Morgan fingerprint density at radius 3 is 2.50 bits per heavy atom. The maximum Gasteiger partial charge on any atom is 0.174 e. The minimum Gasteiger partial charge on any atom is -0.382 e. The molecular formula is C16H20O4. The lowest BCUT2D eigenvalue weighted by Crippen LogP contribution is -2.65. The number of Topliss-reactive ketones (excluding diaryl/α,β-unsaturated/α-hetero) is 3. The van der Waals surface area contributed by atoms with Crippen molar-refractivity contribution in [3.05, 3.63) is 11.6 Å². The normalized spacial score (nSPS) is 50.1. The second kappa shape index (κ2) is 3.67. The molecule has 0 spiro atoms. The first-order valence-electron chi connectivity index (χ1n) is 7.16. The van der Waals surface area contributed by atoms with Crippen molar-refractivity contribution in [3.8, 4) is 0 Å². The van der Waals surface area contributed by atoms with Crippen molar-refractivity contribution in [2.75, 3.05) is 0 Å². The zero-order valence-corrected chi connectivity index (χ0v) is 12.3. The summed E-state index contributed by atoms with van der Waals surface area (Å²) in [5.74, 6) is -1.15.